The summed E-state index contributed by atoms with van der Waals surface area (Å²) < 4.78 is 38.6. The summed E-state index contributed by atoms with van der Waals surface area (Å²) in [5, 5.41) is 3.34. The van der Waals surface area contributed by atoms with Crippen molar-refractivity contribution < 1.29 is 13.2 Å². The third kappa shape index (κ3) is 4.15. The number of aryl methyl sites for hydroxylation is 1. The van der Waals surface area contributed by atoms with Gasteiger partial charge in [-0.05, 0) is 68.6 Å². The number of nitrogens with zero attached hydrogens (tertiary/aromatic N) is 1. The van der Waals surface area contributed by atoms with E-state index in [0.717, 1.165) is 48.9 Å². The molecule has 1 aliphatic heterocycles. The Morgan fingerprint density at radius 2 is 1.83 bits per heavy atom. The Hall–Kier alpha value is -1.88. The van der Waals surface area contributed by atoms with Crippen molar-refractivity contribution in [1.29, 1.82) is 0 Å². The van der Waals surface area contributed by atoms with Crippen LogP contribution in [0.5, 0.6) is 0 Å². The molecule has 1 N–H and O–H groups in total. The molecular formula is C19H21F3N2. The molecule has 128 valence electrons. The Morgan fingerprint density at radius 1 is 1.08 bits per heavy atom. The molecule has 2 aromatic rings. The molecule has 1 aromatic heterocycles. The van der Waals surface area contributed by atoms with Crippen LogP contribution in [0.2, 0.25) is 0 Å². The average Bonchev–Trinajstić information content (AvgIpc) is 2.54. The zero-order chi connectivity index (χ0) is 17.2. The molecule has 0 unspecified atom stereocenters. The first-order valence-corrected chi connectivity index (χ1v) is 8.26. The van der Waals surface area contributed by atoms with Gasteiger partial charge in [-0.3, -0.25) is 4.98 Å². The van der Waals surface area contributed by atoms with Crippen LogP contribution >= 0.6 is 0 Å². The Morgan fingerprint density at radius 3 is 2.54 bits per heavy atom. The molecule has 0 radical (unpaired) electrons. The first kappa shape index (κ1) is 17.0. The second-order valence-corrected chi connectivity index (χ2v) is 6.44. The lowest BCUT2D eigenvalue weighted by molar-refractivity contribution is -0.137. The molecule has 5 heteroatoms. The first-order valence-electron chi connectivity index (χ1n) is 8.26. The topological polar surface area (TPSA) is 24.9 Å². The van der Waals surface area contributed by atoms with Crippen LogP contribution in [0.15, 0.2) is 36.4 Å². The standard InChI is InChI=1S/C19H21F3N2/c1-13-9-15(12-18(24-13)16-5-7-23-8-6-16)10-14-3-2-4-17(11-14)19(20,21)22/h2-4,9,11-12,16,23H,5-8,10H2,1H3. The largest absolute Gasteiger partial charge is 0.416 e. The van der Waals surface area contributed by atoms with Crippen molar-refractivity contribution in [2.24, 2.45) is 0 Å². The molecule has 3 rings (SSSR count). The monoisotopic (exact) mass is 334 g/mol. The summed E-state index contributed by atoms with van der Waals surface area (Å²) in [7, 11) is 0. The van der Waals surface area contributed by atoms with Gasteiger partial charge in [0.15, 0.2) is 0 Å². The van der Waals surface area contributed by atoms with E-state index < -0.39 is 11.7 Å². The fourth-order valence-electron chi connectivity index (χ4n) is 3.29. The van der Waals surface area contributed by atoms with Gasteiger partial charge in [0.25, 0.3) is 0 Å². The van der Waals surface area contributed by atoms with E-state index >= 15 is 0 Å². The van der Waals surface area contributed by atoms with Gasteiger partial charge in [0.05, 0.1) is 5.56 Å². The highest BCUT2D eigenvalue weighted by molar-refractivity contribution is 5.33. The number of rotatable bonds is 3. The lowest BCUT2D eigenvalue weighted by Crippen LogP contribution is -2.27. The van der Waals surface area contributed by atoms with Crippen LogP contribution in [0.1, 0.15) is 46.8 Å². The molecule has 24 heavy (non-hydrogen) atoms. The Balaban J connectivity index is 1.83. The summed E-state index contributed by atoms with van der Waals surface area (Å²) in [6.07, 6.45) is -1.70. The van der Waals surface area contributed by atoms with Crippen molar-refractivity contribution in [1.82, 2.24) is 10.3 Å². The van der Waals surface area contributed by atoms with Gasteiger partial charge in [-0.15, -0.1) is 0 Å². The number of hydrogen-bond acceptors (Lipinski definition) is 2. The lowest BCUT2D eigenvalue weighted by atomic mass is 9.92. The average molecular weight is 334 g/mol. The summed E-state index contributed by atoms with van der Waals surface area (Å²) in [5.74, 6) is 0.436. The number of aromatic nitrogens is 1. The predicted octanol–water partition coefficient (Wildman–Crippen LogP) is 4.47. The number of nitrogens with one attached hydrogen (secondary N) is 1. The number of pyridine rings is 1. The van der Waals surface area contributed by atoms with Crippen molar-refractivity contribution in [3.8, 4) is 0 Å². The smallest absolute Gasteiger partial charge is 0.317 e. The Kier molecular flexibility index (Phi) is 4.90. The molecule has 2 heterocycles. The maximum absolute atomic E-state index is 12.9. The molecule has 0 amide bonds. The number of benzene rings is 1. The van der Waals surface area contributed by atoms with E-state index in [4.69, 9.17) is 0 Å². The zero-order valence-corrected chi connectivity index (χ0v) is 13.7. The molecule has 1 saturated heterocycles. The van der Waals surface area contributed by atoms with Crippen LogP contribution in [0.3, 0.4) is 0 Å². The van der Waals surface area contributed by atoms with E-state index in [-0.39, 0.29) is 0 Å². The van der Waals surface area contributed by atoms with Gasteiger partial charge < -0.3 is 5.32 Å². The molecule has 0 spiro atoms. The molecule has 0 aliphatic carbocycles. The van der Waals surface area contributed by atoms with Crippen LogP contribution in [-0.2, 0) is 12.6 Å². The maximum Gasteiger partial charge on any atom is 0.416 e. The van der Waals surface area contributed by atoms with Crippen molar-refractivity contribution in [3.63, 3.8) is 0 Å². The Labute approximate surface area is 140 Å². The van der Waals surface area contributed by atoms with Gasteiger partial charge in [-0.25, -0.2) is 0 Å². The van der Waals surface area contributed by atoms with Crippen LogP contribution in [-0.4, -0.2) is 18.1 Å². The Bertz CT molecular complexity index is 704. The van der Waals surface area contributed by atoms with E-state index in [1.54, 1.807) is 6.07 Å². The van der Waals surface area contributed by atoms with Crippen molar-refractivity contribution in [2.45, 2.75) is 38.3 Å². The van der Waals surface area contributed by atoms with Crippen molar-refractivity contribution in [2.75, 3.05) is 13.1 Å². The summed E-state index contributed by atoms with van der Waals surface area (Å²) in [4.78, 5) is 4.65. The summed E-state index contributed by atoms with van der Waals surface area (Å²) >= 11 is 0. The fourth-order valence-corrected chi connectivity index (χ4v) is 3.29. The molecule has 1 aliphatic rings. The molecule has 1 aromatic carbocycles. The third-order valence-corrected chi connectivity index (χ3v) is 4.45. The highest BCUT2D eigenvalue weighted by atomic mass is 19.4. The van der Waals surface area contributed by atoms with Gasteiger partial charge in [0.1, 0.15) is 0 Å². The predicted molar refractivity (Wildman–Crippen MR) is 88.1 cm³/mol. The molecule has 1 fully saturated rings. The highest BCUT2D eigenvalue weighted by Gasteiger charge is 2.30. The van der Waals surface area contributed by atoms with Gasteiger partial charge >= 0.3 is 6.18 Å². The minimum absolute atomic E-state index is 0.436. The molecular weight excluding hydrogens is 313 g/mol. The van der Waals surface area contributed by atoms with E-state index in [9.17, 15) is 13.2 Å². The second kappa shape index (κ2) is 6.93. The van der Waals surface area contributed by atoms with E-state index in [1.807, 2.05) is 13.0 Å². The summed E-state index contributed by atoms with van der Waals surface area (Å²) in [5.41, 5.74) is 3.10. The second-order valence-electron chi connectivity index (χ2n) is 6.44. The van der Waals surface area contributed by atoms with Crippen molar-refractivity contribution >= 4 is 0 Å². The van der Waals surface area contributed by atoms with E-state index in [1.165, 1.54) is 12.1 Å². The minimum Gasteiger partial charge on any atom is -0.317 e. The van der Waals surface area contributed by atoms with Crippen molar-refractivity contribution in [3.05, 3.63) is 64.5 Å². The molecule has 0 bridgehead atoms. The van der Waals surface area contributed by atoms with Crippen LogP contribution < -0.4 is 5.32 Å². The van der Waals surface area contributed by atoms with E-state index in [2.05, 4.69) is 16.4 Å². The van der Waals surface area contributed by atoms with Gasteiger partial charge in [-0.1, -0.05) is 18.2 Å². The summed E-state index contributed by atoms with van der Waals surface area (Å²) in [6.45, 7) is 3.92. The van der Waals surface area contributed by atoms with Crippen LogP contribution in [0.4, 0.5) is 13.2 Å². The number of piperidine rings is 1. The SMILES string of the molecule is Cc1cc(Cc2cccc(C(F)(F)F)c2)cc(C2CCNCC2)n1. The highest BCUT2D eigenvalue weighted by Crippen LogP contribution is 2.30. The molecule has 0 saturated carbocycles. The number of hydrogen-bond donors (Lipinski definition) is 1. The number of alkyl halides is 3. The summed E-state index contributed by atoms with van der Waals surface area (Å²) in [6, 6.07) is 9.59. The third-order valence-electron chi connectivity index (χ3n) is 4.45. The minimum atomic E-state index is -4.30. The lowest BCUT2D eigenvalue weighted by Gasteiger charge is -2.23. The molecule has 2 nitrogen and oxygen atoms in total. The maximum atomic E-state index is 12.9. The van der Waals surface area contributed by atoms with E-state index in [0.29, 0.717) is 17.9 Å². The fraction of sp³-hybridized carbons (Fsp3) is 0.421. The van der Waals surface area contributed by atoms with Gasteiger partial charge in [0, 0.05) is 17.3 Å². The van der Waals surface area contributed by atoms with Crippen LogP contribution in [0, 0.1) is 6.92 Å². The number of halogens is 3. The van der Waals surface area contributed by atoms with Crippen LogP contribution in [0.25, 0.3) is 0 Å². The van der Waals surface area contributed by atoms with Gasteiger partial charge in [-0.2, -0.15) is 13.2 Å². The van der Waals surface area contributed by atoms with Gasteiger partial charge in [0.2, 0.25) is 0 Å². The normalized spacial score (nSPS) is 16.3. The molecule has 0 atom stereocenters. The first-order chi connectivity index (χ1) is 11.4. The quantitative estimate of drug-likeness (QED) is 0.896. The zero-order valence-electron chi connectivity index (χ0n) is 13.7.